The number of benzene rings is 1. The third kappa shape index (κ3) is 6.31. The lowest BCUT2D eigenvalue weighted by Crippen LogP contribution is -2.33. The van der Waals surface area contributed by atoms with Gasteiger partial charge in [0.2, 0.25) is 0 Å². The first-order valence-corrected chi connectivity index (χ1v) is 8.86. The summed E-state index contributed by atoms with van der Waals surface area (Å²) in [6.45, 7) is 5.44. The van der Waals surface area contributed by atoms with Crippen LogP contribution in [-0.4, -0.2) is 18.5 Å². The monoisotopic (exact) mass is 363 g/mol. The molecule has 25 heavy (non-hydrogen) atoms. The Morgan fingerprint density at radius 3 is 2.44 bits per heavy atom. The number of rotatable bonds is 6. The number of halogens is 1. The average Bonchev–Trinajstić information content (AvgIpc) is 3.04. The number of amides is 1. The summed E-state index contributed by atoms with van der Waals surface area (Å²) in [7, 11) is 0. The van der Waals surface area contributed by atoms with Crippen molar-refractivity contribution in [1.82, 2.24) is 5.32 Å². The van der Waals surface area contributed by atoms with E-state index in [1.165, 1.54) is 23.5 Å². The Bertz CT molecular complexity index is 705. The number of hydrogen-bond acceptors (Lipinski definition) is 4. The highest BCUT2D eigenvalue weighted by Gasteiger charge is 2.21. The summed E-state index contributed by atoms with van der Waals surface area (Å²) in [5.41, 5.74) is 0.569. The van der Waals surface area contributed by atoms with E-state index in [9.17, 15) is 14.0 Å². The second kappa shape index (κ2) is 8.25. The predicted molar refractivity (Wildman–Crippen MR) is 95.7 cm³/mol. The molecule has 134 valence electrons. The van der Waals surface area contributed by atoms with Crippen LogP contribution >= 0.6 is 11.3 Å². The van der Waals surface area contributed by atoms with Crippen LogP contribution in [0.5, 0.6) is 0 Å². The van der Waals surface area contributed by atoms with E-state index in [-0.39, 0.29) is 24.3 Å². The predicted octanol–water partition coefficient (Wildman–Crippen LogP) is 4.07. The molecule has 1 heterocycles. The molecule has 0 spiro atoms. The molecule has 0 unspecified atom stereocenters. The van der Waals surface area contributed by atoms with E-state index in [1.54, 1.807) is 12.1 Å². The molecule has 0 saturated carbocycles. The molecule has 1 aromatic carbocycles. The van der Waals surface area contributed by atoms with Gasteiger partial charge in [-0.25, -0.2) is 4.39 Å². The third-order valence-electron chi connectivity index (χ3n) is 3.38. The van der Waals surface area contributed by atoms with Gasteiger partial charge in [0.05, 0.1) is 12.5 Å². The second-order valence-electron chi connectivity index (χ2n) is 6.97. The van der Waals surface area contributed by atoms with Gasteiger partial charge in [-0.3, -0.25) is 9.59 Å². The van der Waals surface area contributed by atoms with Crippen LogP contribution in [0, 0.1) is 11.2 Å². The molecule has 0 aliphatic carbocycles. The normalized spacial score (nSPS) is 12.5. The molecule has 0 aliphatic heterocycles. The number of carbonyl (C=O) groups excluding carboxylic acids is 2. The second-order valence-corrected chi connectivity index (χ2v) is 7.94. The van der Waals surface area contributed by atoms with Gasteiger partial charge in [-0.15, -0.1) is 11.3 Å². The number of thiophene rings is 1. The van der Waals surface area contributed by atoms with Crippen molar-refractivity contribution >= 4 is 23.2 Å². The fraction of sp³-hybridized carbons (Fsp3) is 0.368. The number of carbonyl (C=O) groups is 2. The van der Waals surface area contributed by atoms with Crippen LogP contribution in [0.1, 0.15) is 43.7 Å². The van der Waals surface area contributed by atoms with Gasteiger partial charge in [-0.1, -0.05) is 39.0 Å². The van der Waals surface area contributed by atoms with E-state index >= 15 is 0 Å². The van der Waals surface area contributed by atoms with Crippen LogP contribution < -0.4 is 5.32 Å². The number of ether oxygens (including phenoxy) is 1. The van der Waals surface area contributed by atoms with Crippen molar-refractivity contribution in [3.05, 3.63) is 58.0 Å². The van der Waals surface area contributed by atoms with Gasteiger partial charge >= 0.3 is 5.97 Å². The summed E-state index contributed by atoms with van der Waals surface area (Å²) in [5.74, 6) is -1.14. The minimum absolute atomic E-state index is 0.193. The van der Waals surface area contributed by atoms with Crippen molar-refractivity contribution in [2.24, 2.45) is 5.41 Å². The van der Waals surface area contributed by atoms with Crippen LogP contribution in [0.3, 0.4) is 0 Å². The highest BCUT2D eigenvalue weighted by atomic mass is 32.1. The molecule has 0 aliphatic rings. The Morgan fingerprint density at radius 1 is 1.20 bits per heavy atom. The molecular formula is C19H22FNO3S. The molecule has 1 atom stereocenters. The number of nitrogens with one attached hydrogen (secondary N) is 1. The first kappa shape index (κ1) is 19.1. The molecule has 1 N–H and O–H groups in total. The van der Waals surface area contributed by atoms with Gasteiger partial charge in [-0.2, -0.15) is 0 Å². The van der Waals surface area contributed by atoms with Gasteiger partial charge in [0.1, 0.15) is 5.82 Å². The quantitative estimate of drug-likeness (QED) is 0.787. The molecule has 1 aromatic heterocycles. The van der Waals surface area contributed by atoms with Crippen molar-refractivity contribution in [3.8, 4) is 0 Å². The first-order valence-electron chi connectivity index (χ1n) is 7.98. The molecule has 0 radical (unpaired) electrons. The molecule has 6 heteroatoms. The van der Waals surface area contributed by atoms with Crippen LogP contribution in [0.4, 0.5) is 4.39 Å². The molecule has 4 nitrogen and oxygen atoms in total. The maximum atomic E-state index is 13.2. The Hall–Kier alpha value is -2.21. The van der Waals surface area contributed by atoms with E-state index < -0.39 is 17.9 Å². The summed E-state index contributed by atoms with van der Waals surface area (Å²) < 4.78 is 18.2. The molecule has 2 rings (SSSR count). The standard InChI is InChI=1S/C19H22FNO3S/c1-19(2,3)11-17(23)24-12-16(22)21-18(15-5-4-10-25-15)13-6-8-14(20)9-7-13/h4-10,18H,11-12H2,1-3H3,(H,21,22)/t18-/m0/s1. The first-order chi connectivity index (χ1) is 11.7. The van der Waals surface area contributed by atoms with Crippen molar-refractivity contribution < 1.29 is 18.7 Å². The van der Waals surface area contributed by atoms with Gasteiger partial charge in [-0.05, 0) is 34.6 Å². The van der Waals surface area contributed by atoms with E-state index in [2.05, 4.69) is 5.32 Å². The highest BCUT2D eigenvalue weighted by Crippen LogP contribution is 2.26. The summed E-state index contributed by atoms with van der Waals surface area (Å²) in [6, 6.07) is 9.33. The molecular weight excluding hydrogens is 341 g/mol. The zero-order chi connectivity index (χ0) is 18.4. The Kier molecular flexibility index (Phi) is 6.31. The number of hydrogen-bond donors (Lipinski definition) is 1. The lowest BCUT2D eigenvalue weighted by Gasteiger charge is -2.19. The smallest absolute Gasteiger partial charge is 0.306 e. The van der Waals surface area contributed by atoms with E-state index in [0.29, 0.717) is 0 Å². The summed E-state index contributed by atoms with van der Waals surface area (Å²) in [5, 5.41) is 4.75. The fourth-order valence-corrected chi connectivity index (χ4v) is 3.06. The molecule has 0 saturated heterocycles. The minimum Gasteiger partial charge on any atom is -0.456 e. The van der Waals surface area contributed by atoms with Crippen LogP contribution in [0.15, 0.2) is 41.8 Å². The fourth-order valence-electron chi connectivity index (χ4n) is 2.26. The average molecular weight is 363 g/mol. The Balaban J connectivity index is 2.01. The third-order valence-corrected chi connectivity index (χ3v) is 4.31. The van der Waals surface area contributed by atoms with E-state index in [4.69, 9.17) is 4.74 Å². The summed E-state index contributed by atoms with van der Waals surface area (Å²) in [4.78, 5) is 24.9. The minimum atomic E-state index is -0.408. The maximum absolute atomic E-state index is 13.2. The van der Waals surface area contributed by atoms with Crippen LogP contribution in [-0.2, 0) is 14.3 Å². The topological polar surface area (TPSA) is 55.4 Å². The zero-order valence-electron chi connectivity index (χ0n) is 14.5. The Morgan fingerprint density at radius 2 is 1.88 bits per heavy atom. The molecule has 1 amide bonds. The van der Waals surface area contributed by atoms with Gasteiger partial charge < -0.3 is 10.1 Å². The lowest BCUT2D eigenvalue weighted by atomic mass is 9.92. The summed E-state index contributed by atoms with van der Waals surface area (Å²) in [6.07, 6.45) is 0.243. The SMILES string of the molecule is CC(C)(C)CC(=O)OCC(=O)N[C@@H](c1ccc(F)cc1)c1cccs1. The van der Waals surface area contributed by atoms with Crippen molar-refractivity contribution in [1.29, 1.82) is 0 Å². The zero-order valence-corrected chi connectivity index (χ0v) is 15.4. The van der Waals surface area contributed by atoms with Gasteiger partial charge in [0, 0.05) is 4.88 Å². The lowest BCUT2D eigenvalue weighted by molar-refractivity contribution is -0.150. The van der Waals surface area contributed by atoms with E-state index in [1.807, 2.05) is 38.3 Å². The van der Waals surface area contributed by atoms with Crippen molar-refractivity contribution in [3.63, 3.8) is 0 Å². The van der Waals surface area contributed by atoms with Gasteiger partial charge in [0.25, 0.3) is 5.91 Å². The molecule has 0 bridgehead atoms. The van der Waals surface area contributed by atoms with Crippen LogP contribution in [0.25, 0.3) is 0 Å². The molecule has 2 aromatic rings. The molecule has 0 fully saturated rings. The number of esters is 1. The maximum Gasteiger partial charge on any atom is 0.306 e. The van der Waals surface area contributed by atoms with E-state index in [0.717, 1.165) is 10.4 Å². The summed E-state index contributed by atoms with van der Waals surface area (Å²) >= 11 is 1.49. The van der Waals surface area contributed by atoms with Crippen molar-refractivity contribution in [2.75, 3.05) is 6.61 Å². The Labute approximate surface area is 151 Å². The van der Waals surface area contributed by atoms with Gasteiger partial charge in [0.15, 0.2) is 6.61 Å². The van der Waals surface area contributed by atoms with Crippen LogP contribution in [0.2, 0.25) is 0 Å². The highest BCUT2D eigenvalue weighted by molar-refractivity contribution is 7.10. The largest absolute Gasteiger partial charge is 0.456 e. The van der Waals surface area contributed by atoms with Crippen molar-refractivity contribution in [2.45, 2.75) is 33.2 Å².